The van der Waals surface area contributed by atoms with Gasteiger partial charge in [0.05, 0.1) is 0 Å². The van der Waals surface area contributed by atoms with Crippen molar-refractivity contribution in [3.63, 3.8) is 0 Å². The number of benzene rings is 1. The Hall–Kier alpha value is -0.0400. The fourth-order valence-corrected chi connectivity index (χ4v) is 2.57. The molecule has 0 heterocycles. The lowest BCUT2D eigenvalue weighted by atomic mass is 10.3. The highest BCUT2D eigenvalue weighted by Gasteiger charge is 2.17. The highest BCUT2D eigenvalue weighted by atomic mass is 79.9. The van der Waals surface area contributed by atoms with Crippen molar-refractivity contribution >= 4 is 51.6 Å². The molecule has 0 aliphatic carbocycles. The Morgan fingerprint density at radius 3 is 2.62 bits per heavy atom. The molecule has 0 unspecified atom stereocenters. The molecule has 0 saturated heterocycles. The van der Waals surface area contributed by atoms with E-state index in [4.69, 9.17) is 15.4 Å². The van der Waals surface area contributed by atoms with E-state index in [1.807, 2.05) is 0 Å². The summed E-state index contributed by atoms with van der Waals surface area (Å²) in [5.74, 6) is 0.193. The SMILES string of the molecule is C=C(Br)COc1ccc(Br)cc1S(=O)(=O)Cl. The van der Waals surface area contributed by atoms with Gasteiger partial charge in [0.1, 0.15) is 17.3 Å². The zero-order valence-electron chi connectivity index (χ0n) is 7.91. The molecule has 0 radical (unpaired) electrons. The maximum absolute atomic E-state index is 11.3. The van der Waals surface area contributed by atoms with Crippen LogP contribution in [0.5, 0.6) is 5.75 Å². The molecule has 16 heavy (non-hydrogen) atoms. The van der Waals surface area contributed by atoms with Gasteiger partial charge in [-0.15, -0.1) is 0 Å². The van der Waals surface area contributed by atoms with Crippen LogP contribution in [0.15, 0.2) is 38.6 Å². The number of halogens is 3. The molecule has 1 aromatic rings. The van der Waals surface area contributed by atoms with Gasteiger partial charge in [0.25, 0.3) is 9.05 Å². The van der Waals surface area contributed by atoms with Crippen LogP contribution in [0.1, 0.15) is 0 Å². The minimum atomic E-state index is -3.83. The molecule has 0 spiro atoms. The molecule has 0 aromatic heterocycles. The Bertz CT molecular complexity index is 513. The van der Waals surface area contributed by atoms with E-state index in [1.54, 1.807) is 6.07 Å². The van der Waals surface area contributed by atoms with E-state index in [-0.39, 0.29) is 17.3 Å². The molecular weight excluding hydrogens is 383 g/mol. The zero-order chi connectivity index (χ0) is 12.3. The Morgan fingerprint density at radius 2 is 2.12 bits per heavy atom. The molecule has 0 fully saturated rings. The third-order valence-corrected chi connectivity index (χ3v) is 3.62. The van der Waals surface area contributed by atoms with Gasteiger partial charge >= 0.3 is 0 Å². The molecule has 1 aromatic carbocycles. The Kier molecular flexibility index (Phi) is 4.85. The molecule has 0 aliphatic heterocycles. The monoisotopic (exact) mass is 388 g/mol. The normalized spacial score (nSPS) is 11.2. The summed E-state index contributed by atoms with van der Waals surface area (Å²) in [5.41, 5.74) is 0. The second-order valence-electron chi connectivity index (χ2n) is 2.83. The van der Waals surface area contributed by atoms with Crippen molar-refractivity contribution in [2.45, 2.75) is 4.90 Å². The molecule has 0 bridgehead atoms. The van der Waals surface area contributed by atoms with Gasteiger partial charge in [0.15, 0.2) is 0 Å². The van der Waals surface area contributed by atoms with Crippen LogP contribution in [-0.2, 0) is 9.05 Å². The van der Waals surface area contributed by atoms with Crippen LogP contribution in [-0.4, -0.2) is 15.0 Å². The van der Waals surface area contributed by atoms with Crippen LogP contribution < -0.4 is 4.74 Å². The number of ether oxygens (including phenoxy) is 1. The van der Waals surface area contributed by atoms with Crippen molar-refractivity contribution in [1.29, 1.82) is 0 Å². The van der Waals surface area contributed by atoms with Crippen molar-refractivity contribution in [1.82, 2.24) is 0 Å². The lowest BCUT2D eigenvalue weighted by Crippen LogP contribution is -2.01. The van der Waals surface area contributed by atoms with Crippen molar-refractivity contribution in [2.24, 2.45) is 0 Å². The molecule has 3 nitrogen and oxygen atoms in total. The van der Waals surface area contributed by atoms with E-state index >= 15 is 0 Å². The predicted octanol–water partition coefficient (Wildman–Crippen LogP) is 3.66. The minimum Gasteiger partial charge on any atom is -0.487 e. The van der Waals surface area contributed by atoms with Gasteiger partial charge in [-0.1, -0.05) is 38.4 Å². The van der Waals surface area contributed by atoms with Crippen molar-refractivity contribution < 1.29 is 13.2 Å². The highest BCUT2D eigenvalue weighted by molar-refractivity contribution is 9.11. The summed E-state index contributed by atoms with van der Waals surface area (Å²) < 4.78 is 29.0. The van der Waals surface area contributed by atoms with Gasteiger partial charge < -0.3 is 4.74 Å². The van der Waals surface area contributed by atoms with E-state index in [9.17, 15) is 8.42 Å². The summed E-state index contributed by atoms with van der Waals surface area (Å²) >= 11 is 6.27. The van der Waals surface area contributed by atoms with E-state index < -0.39 is 9.05 Å². The quantitative estimate of drug-likeness (QED) is 0.737. The average molecular weight is 390 g/mol. The molecule has 0 amide bonds. The molecule has 0 atom stereocenters. The standard InChI is InChI=1S/C9H7Br2ClO3S/c1-6(10)5-15-8-3-2-7(11)4-9(8)16(12,13)14/h2-4H,1,5H2. The van der Waals surface area contributed by atoms with Gasteiger partial charge in [0.2, 0.25) is 0 Å². The summed E-state index contributed by atoms with van der Waals surface area (Å²) in [6.07, 6.45) is 0. The first-order valence-electron chi connectivity index (χ1n) is 4.01. The van der Waals surface area contributed by atoms with Crippen molar-refractivity contribution in [2.75, 3.05) is 6.61 Å². The van der Waals surface area contributed by atoms with Crippen LogP contribution >= 0.6 is 42.5 Å². The fraction of sp³-hybridized carbons (Fsp3) is 0.111. The molecule has 88 valence electrons. The fourth-order valence-electron chi connectivity index (χ4n) is 0.948. The zero-order valence-corrected chi connectivity index (χ0v) is 12.7. The van der Waals surface area contributed by atoms with Crippen LogP contribution in [0, 0.1) is 0 Å². The predicted molar refractivity (Wildman–Crippen MR) is 70.7 cm³/mol. The van der Waals surface area contributed by atoms with E-state index in [2.05, 4.69) is 38.4 Å². The van der Waals surface area contributed by atoms with E-state index in [0.29, 0.717) is 8.96 Å². The van der Waals surface area contributed by atoms with Crippen LogP contribution in [0.4, 0.5) is 0 Å². The Balaban J connectivity index is 3.13. The molecule has 0 saturated carbocycles. The van der Waals surface area contributed by atoms with Gasteiger partial charge in [-0.05, 0) is 18.2 Å². The molecular formula is C9H7Br2ClO3S. The van der Waals surface area contributed by atoms with E-state index in [0.717, 1.165) is 0 Å². The third kappa shape index (κ3) is 4.08. The first kappa shape index (κ1) is 14.0. The Morgan fingerprint density at radius 1 is 1.50 bits per heavy atom. The van der Waals surface area contributed by atoms with Gasteiger partial charge in [-0.25, -0.2) is 8.42 Å². The average Bonchev–Trinajstić information content (AvgIpc) is 2.14. The topological polar surface area (TPSA) is 43.4 Å². The number of rotatable bonds is 4. The third-order valence-electron chi connectivity index (χ3n) is 1.55. The second kappa shape index (κ2) is 5.53. The number of hydrogen-bond donors (Lipinski definition) is 0. The lowest BCUT2D eigenvalue weighted by molar-refractivity contribution is 0.351. The van der Waals surface area contributed by atoms with Gasteiger partial charge in [-0.3, -0.25) is 0 Å². The first-order chi connectivity index (χ1) is 7.30. The summed E-state index contributed by atoms with van der Waals surface area (Å²) in [6.45, 7) is 3.75. The van der Waals surface area contributed by atoms with Gasteiger partial charge in [-0.2, -0.15) is 0 Å². The molecule has 1 rings (SSSR count). The summed E-state index contributed by atoms with van der Waals surface area (Å²) in [6, 6.07) is 4.57. The Labute approximate surface area is 115 Å². The second-order valence-corrected chi connectivity index (χ2v) is 7.41. The largest absolute Gasteiger partial charge is 0.487 e. The molecule has 7 heteroatoms. The van der Waals surface area contributed by atoms with E-state index in [1.165, 1.54) is 12.1 Å². The molecule has 0 N–H and O–H groups in total. The van der Waals surface area contributed by atoms with Crippen molar-refractivity contribution in [3.05, 3.63) is 33.7 Å². The highest BCUT2D eigenvalue weighted by Crippen LogP contribution is 2.30. The number of hydrogen-bond acceptors (Lipinski definition) is 3. The van der Waals surface area contributed by atoms with Gasteiger partial charge in [0, 0.05) is 19.6 Å². The molecule has 0 aliphatic rings. The first-order valence-corrected chi connectivity index (χ1v) is 7.90. The minimum absolute atomic E-state index is 0.0720. The summed E-state index contributed by atoms with van der Waals surface area (Å²) in [5, 5.41) is 0. The maximum Gasteiger partial charge on any atom is 0.265 e. The van der Waals surface area contributed by atoms with Crippen LogP contribution in [0.25, 0.3) is 0 Å². The smallest absolute Gasteiger partial charge is 0.265 e. The van der Waals surface area contributed by atoms with Crippen LogP contribution in [0.3, 0.4) is 0 Å². The lowest BCUT2D eigenvalue weighted by Gasteiger charge is -2.09. The maximum atomic E-state index is 11.3. The van der Waals surface area contributed by atoms with Crippen molar-refractivity contribution in [3.8, 4) is 5.75 Å². The van der Waals surface area contributed by atoms with Crippen LogP contribution in [0.2, 0.25) is 0 Å². The summed E-state index contributed by atoms with van der Waals surface area (Å²) in [4.78, 5) is -0.0720. The summed E-state index contributed by atoms with van der Waals surface area (Å²) in [7, 11) is 1.46.